The number of ether oxygens (including phenoxy) is 2. The second-order valence-corrected chi connectivity index (χ2v) is 7.31. The molecule has 30 heavy (non-hydrogen) atoms. The van der Waals surface area contributed by atoms with Gasteiger partial charge in [-0.3, -0.25) is 4.79 Å². The number of amides is 1. The van der Waals surface area contributed by atoms with Crippen molar-refractivity contribution in [3.8, 4) is 11.5 Å². The Hall–Kier alpha value is -3.06. The molecule has 0 heterocycles. The lowest BCUT2D eigenvalue weighted by atomic mass is 10.2. The van der Waals surface area contributed by atoms with E-state index in [1.807, 2.05) is 43.3 Å². The molecular weight excluding hydrogens is 451 g/mol. The third kappa shape index (κ3) is 6.22. The van der Waals surface area contributed by atoms with Crippen LogP contribution in [0.4, 0.5) is 15.8 Å². The van der Waals surface area contributed by atoms with Crippen molar-refractivity contribution in [1.82, 2.24) is 0 Å². The number of carbonyl (C=O) groups excluding carboxylic acids is 1. The second-order valence-electron chi connectivity index (χ2n) is 6.39. The fraction of sp³-hybridized carbons (Fsp3) is 0.174. The van der Waals surface area contributed by atoms with Crippen molar-refractivity contribution in [2.45, 2.75) is 13.5 Å². The molecule has 0 saturated heterocycles. The van der Waals surface area contributed by atoms with Gasteiger partial charge in [0.15, 0.2) is 18.1 Å². The van der Waals surface area contributed by atoms with Crippen LogP contribution < -0.4 is 20.1 Å². The zero-order chi connectivity index (χ0) is 21.3. The van der Waals surface area contributed by atoms with Gasteiger partial charge in [-0.15, -0.1) is 0 Å². The Labute approximate surface area is 183 Å². The van der Waals surface area contributed by atoms with E-state index >= 15 is 0 Å². The van der Waals surface area contributed by atoms with Crippen molar-refractivity contribution in [2.75, 3.05) is 23.8 Å². The van der Waals surface area contributed by atoms with Crippen LogP contribution in [0, 0.1) is 5.82 Å². The van der Waals surface area contributed by atoms with Crippen LogP contribution in [0.3, 0.4) is 0 Å². The summed E-state index contributed by atoms with van der Waals surface area (Å²) in [5.41, 5.74) is 2.12. The molecule has 3 aromatic rings. The number of anilines is 2. The molecule has 3 rings (SSSR count). The molecule has 0 aliphatic rings. The monoisotopic (exact) mass is 472 g/mol. The average molecular weight is 473 g/mol. The van der Waals surface area contributed by atoms with Crippen LogP contribution in [-0.2, 0) is 11.3 Å². The number of hydrogen-bond acceptors (Lipinski definition) is 4. The van der Waals surface area contributed by atoms with Gasteiger partial charge in [0.1, 0.15) is 5.82 Å². The first-order valence-corrected chi connectivity index (χ1v) is 10.3. The van der Waals surface area contributed by atoms with Crippen molar-refractivity contribution >= 4 is 33.2 Å². The van der Waals surface area contributed by atoms with Crippen LogP contribution in [0.1, 0.15) is 12.5 Å². The fourth-order valence-corrected chi connectivity index (χ4v) is 2.98. The largest absolute Gasteiger partial charge is 0.490 e. The van der Waals surface area contributed by atoms with Crippen LogP contribution in [0.15, 0.2) is 71.2 Å². The number of nitrogens with one attached hydrogen (secondary N) is 2. The summed E-state index contributed by atoms with van der Waals surface area (Å²) in [5.74, 6) is 0.0474. The number of para-hydroxylation sites is 1. The molecule has 0 unspecified atom stereocenters. The van der Waals surface area contributed by atoms with Gasteiger partial charge >= 0.3 is 0 Å². The molecule has 2 N–H and O–H groups in total. The van der Waals surface area contributed by atoms with E-state index in [1.165, 1.54) is 12.1 Å². The van der Waals surface area contributed by atoms with E-state index in [0.717, 1.165) is 15.7 Å². The van der Waals surface area contributed by atoms with Crippen molar-refractivity contribution in [3.63, 3.8) is 0 Å². The summed E-state index contributed by atoms with van der Waals surface area (Å²) >= 11 is 3.42. The zero-order valence-electron chi connectivity index (χ0n) is 16.5. The predicted molar refractivity (Wildman–Crippen MR) is 120 cm³/mol. The summed E-state index contributed by atoms with van der Waals surface area (Å²) < 4.78 is 25.9. The van der Waals surface area contributed by atoms with Gasteiger partial charge in [0.05, 0.1) is 12.3 Å². The maximum absolute atomic E-state index is 13.7. The number of rotatable bonds is 9. The van der Waals surface area contributed by atoms with E-state index in [9.17, 15) is 9.18 Å². The van der Waals surface area contributed by atoms with Gasteiger partial charge in [0.25, 0.3) is 5.91 Å². The Morgan fingerprint density at radius 1 is 1.00 bits per heavy atom. The number of benzene rings is 3. The average Bonchev–Trinajstić information content (AvgIpc) is 2.74. The van der Waals surface area contributed by atoms with Crippen LogP contribution in [0.5, 0.6) is 11.5 Å². The topological polar surface area (TPSA) is 59.6 Å². The van der Waals surface area contributed by atoms with Gasteiger partial charge in [-0.05, 0) is 61.0 Å². The third-order valence-electron chi connectivity index (χ3n) is 4.16. The summed E-state index contributed by atoms with van der Waals surface area (Å²) in [5, 5.41) is 5.84. The van der Waals surface area contributed by atoms with Crippen LogP contribution in [0.25, 0.3) is 0 Å². The molecule has 0 aliphatic heterocycles. The Morgan fingerprint density at radius 3 is 2.50 bits per heavy atom. The molecule has 0 fully saturated rings. The van der Waals surface area contributed by atoms with Gasteiger partial charge < -0.3 is 20.1 Å². The lowest BCUT2D eigenvalue weighted by Gasteiger charge is -2.14. The minimum absolute atomic E-state index is 0.116. The smallest absolute Gasteiger partial charge is 0.262 e. The number of carbonyl (C=O) groups is 1. The summed E-state index contributed by atoms with van der Waals surface area (Å²) in [4.78, 5) is 12.1. The first-order chi connectivity index (χ1) is 14.5. The molecule has 1 amide bonds. The van der Waals surface area contributed by atoms with Gasteiger partial charge in [-0.2, -0.15) is 0 Å². The molecule has 0 atom stereocenters. The van der Waals surface area contributed by atoms with Crippen molar-refractivity contribution in [3.05, 3.63) is 82.6 Å². The highest BCUT2D eigenvalue weighted by Gasteiger charge is 2.11. The van der Waals surface area contributed by atoms with E-state index in [1.54, 1.807) is 18.2 Å². The van der Waals surface area contributed by atoms with Crippen molar-refractivity contribution in [1.29, 1.82) is 0 Å². The maximum atomic E-state index is 13.7. The second kappa shape index (κ2) is 10.6. The van der Waals surface area contributed by atoms with Gasteiger partial charge in [-0.1, -0.05) is 34.1 Å². The lowest BCUT2D eigenvalue weighted by Crippen LogP contribution is -2.21. The Morgan fingerprint density at radius 2 is 1.77 bits per heavy atom. The Kier molecular flexibility index (Phi) is 7.68. The summed E-state index contributed by atoms with van der Waals surface area (Å²) in [7, 11) is 0. The van der Waals surface area contributed by atoms with Crippen LogP contribution in [0.2, 0.25) is 0 Å². The van der Waals surface area contributed by atoms with Crippen molar-refractivity contribution < 1.29 is 18.7 Å². The molecule has 3 aromatic carbocycles. The van der Waals surface area contributed by atoms with E-state index in [0.29, 0.717) is 24.7 Å². The summed E-state index contributed by atoms with van der Waals surface area (Å²) in [6.07, 6.45) is 0. The Balaban J connectivity index is 1.60. The van der Waals surface area contributed by atoms with Gasteiger partial charge in [-0.25, -0.2) is 4.39 Å². The highest BCUT2D eigenvalue weighted by atomic mass is 79.9. The van der Waals surface area contributed by atoms with Crippen LogP contribution in [-0.4, -0.2) is 19.1 Å². The first-order valence-electron chi connectivity index (χ1n) is 9.47. The minimum Gasteiger partial charge on any atom is -0.490 e. The first kappa shape index (κ1) is 21.6. The highest BCUT2D eigenvalue weighted by molar-refractivity contribution is 9.10. The zero-order valence-corrected chi connectivity index (χ0v) is 18.0. The minimum atomic E-state index is -0.497. The number of halogens is 2. The highest BCUT2D eigenvalue weighted by Crippen LogP contribution is 2.29. The molecule has 156 valence electrons. The molecule has 0 aliphatic carbocycles. The number of hydrogen-bond donors (Lipinski definition) is 2. The molecule has 0 radical (unpaired) electrons. The van der Waals surface area contributed by atoms with E-state index in [4.69, 9.17) is 9.47 Å². The molecule has 0 bridgehead atoms. The molecular formula is C23H22BrFN2O3. The van der Waals surface area contributed by atoms with Crippen LogP contribution >= 0.6 is 15.9 Å². The molecule has 5 nitrogen and oxygen atoms in total. The quantitative estimate of drug-likeness (QED) is 0.424. The third-order valence-corrected chi connectivity index (χ3v) is 4.68. The fourth-order valence-electron chi connectivity index (χ4n) is 2.71. The molecule has 0 spiro atoms. The molecule has 0 aromatic heterocycles. The van der Waals surface area contributed by atoms with E-state index in [-0.39, 0.29) is 12.3 Å². The lowest BCUT2D eigenvalue weighted by molar-refractivity contribution is -0.118. The molecule has 0 saturated carbocycles. The van der Waals surface area contributed by atoms with Crippen molar-refractivity contribution in [2.24, 2.45) is 0 Å². The maximum Gasteiger partial charge on any atom is 0.262 e. The normalized spacial score (nSPS) is 10.4. The SMILES string of the molecule is CCOc1cc(CNc2ccc(Br)cc2)ccc1OCC(=O)Nc1ccccc1F. The van der Waals surface area contributed by atoms with E-state index in [2.05, 4.69) is 26.6 Å². The summed E-state index contributed by atoms with van der Waals surface area (Å²) in [6, 6.07) is 19.4. The summed E-state index contributed by atoms with van der Waals surface area (Å²) in [6.45, 7) is 2.68. The Bertz CT molecular complexity index is 996. The molecule has 7 heteroatoms. The van der Waals surface area contributed by atoms with E-state index < -0.39 is 11.7 Å². The van der Waals surface area contributed by atoms with Gasteiger partial charge in [0, 0.05) is 16.7 Å². The standard InChI is InChI=1S/C23H22BrFN2O3/c1-2-29-22-13-16(14-26-18-10-8-17(24)9-11-18)7-12-21(22)30-15-23(28)27-20-6-4-3-5-19(20)25/h3-13,26H,2,14-15H2,1H3,(H,27,28). The predicted octanol–water partition coefficient (Wildman–Crippen LogP) is 5.62. The van der Waals surface area contributed by atoms with Gasteiger partial charge in [0.2, 0.25) is 0 Å².